The molecule has 0 bridgehead atoms. The van der Waals surface area contributed by atoms with Gasteiger partial charge in [-0.2, -0.15) is 0 Å². The van der Waals surface area contributed by atoms with Crippen molar-refractivity contribution in [2.24, 2.45) is 5.92 Å². The van der Waals surface area contributed by atoms with Gasteiger partial charge in [-0.25, -0.2) is 0 Å². The Morgan fingerprint density at radius 2 is 1.95 bits per heavy atom. The SMILES string of the molecule is CCCCCC(C)NCCN(C)CC1CCN(C)CC1. The lowest BCUT2D eigenvalue weighted by Gasteiger charge is -2.31. The van der Waals surface area contributed by atoms with Crippen molar-refractivity contribution >= 4 is 0 Å². The summed E-state index contributed by atoms with van der Waals surface area (Å²) in [7, 11) is 4.52. The zero-order valence-corrected chi connectivity index (χ0v) is 14.3. The van der Waals surface area contributed by atoms with Gasteiger partial charge in [0, 0.05) is 25.7 Å². The Labute approximate surface area is 127 Å². The molecule has 0 saturated carbocycles. The number of hydrogen-bond acceptors (Lipinski definition) is 3. The van der Waals surface area contributed by atoms with E-state index in [0.29, 0.717) is 6.04 Å². The Morgan fingerprint density at radius 3 is 2.60 bits per heavy atom. The first kappa shape index (κ1) is 17.9. The number of likely N-dealkylation sites (N-methyl/N-ethyl adjacent to an activating group) is 1. The molecule has 20 heavy (non-hydrogen) atoms. The van der Waals surface area contributed by atoms with E-state index in [2.05, 4.69) is 43.1 Å². The number of nitrogens with zero attached hydrogens (tertiary/aromatic N) is 2. The lowest BCUT2D eigenvalue weighted by molar-refractivity contribution is 0.176. The molecule has 0 aromatic carbocycles. The van der Waals surface area contributed by atoms with E-state index in [0.717, 1.165) is 12.5 Å². The van der Waals surface area contributed by atoms with Crippen molar-refractivity contribution in [1.29, 1.82) is 0 Å². The van der Waals surface area contributed by atoms with E-state index in [1.165, 1.54) is 64.7 Å². The molecule has 0 aliphatic carbocycles. The molecule has 1 unspecified atom stereocenters. The third kappa shape index (κ3) is 8.23. The number of hydrogen-bond donors (Lipinski definition) is 1. The minimum absolute atomic E-state index is 0.679. The first-order valence-electron chi connectivity index (χ1n) is 8.72. The monoisotopic (exact) mass is 283 g/mol. The summed E-state index contributed by atoms with van der Waals surface area (Å²) in [5, 5.41) is 3.67. The average molecular weight is 284 g/mol. The molecule has 3 heteroatoms. The molecule has 0 amide bonds. The van der Waals surface area contributed by atoms with Crippen LogP contribution in [-0.4, -0.2) is 62.7 Å². The summed E-state index contributed by atoms with van der Waals surface area (Å²) in [4.78, 5) is 4.97. The van der Waals surface area contributed by atoms with Crippen LogP contribution in [0.5, 0.6) is 0 Å². The Morgan fingerprint density at radius 1 is 1.25 bits per heavy atom. The van der Waals surface area contributed by atoms with E-state index >= 15 is 0 Å². The fourth-order valence-corrected chi connectivity index (χ4v) is 3.08. The quantitative estimate of drug-likeness (QED) is 0.622. The Balaban J connectivity index is 2.00. The predicted octanol–water partition coefficient (Wildman–Crippen LogP) is 2.82. The standard InChI is InChI=1S/C17H37N3/c1-5-6-7-8-16(2)18-11-14-20(4)15-17-9-12-19(3)13-10-17/h16-18H,5-15H2,1-4H3. The van der Waals surface area contributed by atoms with Gasteiger partial charge in [0.1, 0.15) is 0 Å². The van der Waals surface area contributed by atoms with Crippen molar-refractivity contribution in [2.75, 3.05) is 46.8 Å². The van der Waals surface area contributed by atoms with Crippen LogP contribution in [0.4, 0.5) is 0 Å². The summed E-state index contributed by atoms with van der Waals surface area (Å²) in [6.07, 6.45) is 8.15. The lowest BCUT2D eigenvalue weighted by Crippen LogP contribution is -2.39. The molecule has 0 radical (unpaired) electrons. The smallest absolute Gasteiger partial charge is 0.0104 e. The summed E-state index contributed by atoms with van der Waals surface area (Å²) < 4.78 is 0. The van der Waals surface area contributed by atoms with Crippen molar-refractivity contribution in [3.8, 4) is 0 Å². The van der Waals surface area contributed by atoms with E-state index in [-0.39, 0.29) is 0 Å². The maximum absolute atomic E-state index is 3.67. The van der Waals surface area contributed by atoms with Crippen LogP contribution in [0.15, 0.2) is 0 Å². The third-order valence-electron chi connectivity index (χ3n) is 4.64. The van der Waals surface area contributed by atoms with Crippen LogP contribution < -0.4 is 5.32 Å². The summed E-state index contributed by atoms with van der Waals surface area (Å²) >= 11 is 0. The molecule has 1 saturated heterocycles. The number of unbranched alkanes of at least 4 members (excludes halogenated alkanes) is 2. The minimum atomic E-state index is 0.679. The molecule has 3 nitrogen and oxygen atoms in total. The molecule has 0 aromatic heterocycles. The highest BCUT2D eigenvalue weighted by molar-refractivity contribution is 4.73. The molecule has 1 N–H and O–H groups in total. The van der Waals surface area contributed by atoms with Gasteiger partial charge < -0.3 is 15.1 Å². The van der Waals surface area contributed by atoms with Gasteiger partial charge in [0.15, 0.2) is 0 Å². The van der Waals surface area contributed by atoms with Crippen LogP contribution in [-0.2, 0) is 0 Å². The molecule has 1 fully saturated rings. The van der Waals surface area contributed by atoms with Gasteiger partial charge in [-0.05, 0) is 59.3 Å². The highest BCUT2D eigenvalue weighted by atomic mass is 15.1. The van der Waals surface area contributed by atoms with Crippen LogP contribution in [0.2, 0.25) is 0 Å². The summed E-state index contributed by atoms with van der Waals surface area (Å²) in [6.45, 7) is 10.8. The fraction of sp³-hybridized carbons (Fsp3) is 1.00. The Bertz CT molecular complexity index is 224. The van der Waals surface area contributed by atoms with Crippen LogP contribution in [0.1, 0.15) is 52.4 Å². The zero-order valence-electron chi connectivity index (χ0n) is 14.3. The number of piperidine rings is 1. The molecular formula is C17H37N3. The van der Waals surface area contributed by atoms with Gasteiger partial charge in [-0.1, -0.05) is 26.2 Å². The topological polar surface area (TPSA) is 18.5 Å². The molecule has 1 aliphatic heterocycles. The normalized spacial score (nSPS) is 19.6. The van der Waals surface area contributed by atoms with Gasteiger partial charge in [0.2, 0.25) is 0 Å². The molecular weight excluding hydrogens is 246 g/mol. The zero-order chi connectivity index (χ0) is 14.8. The molecule has 120 valence electrons. The lowest BCUT2D eigenvalue weighted by atomic mass is 9.97. The molecule has 0 aromatic rings. The van der Waals surface area contributed by atoms with E-state index in [4.69, 9.17) is 0 Å². The van der Waals surface area contributed by atoms with Crippen molar-refractivity contribution < 1.29 is 0 Å². The second-order valence-corrected chi connectivity index (χ2v) is 6.86. The number of nitrogens with one attached hydrogen (secondary N) is 1. The van der Waals surface area contributed by atoms with Gasteiger partial charge in [-0.3, -0.25) is 0 Å². The highest BCUT2D eigenvalue weighted by Crippen LogP contribution is 2.16. The maximum atomic E-state index is 3.67. The molecule has 1 atom stereocenters. The van der Waals surface area contributed by atoms with E-state index < -0.39 is 0 Å². The van der Waals surface area contributed by atoms with Crippen LogP contribution in [0, 0.1) is 5.92 Å². The van der Waals surface area contributed by atoms with Crippen molar-refractivity contribution in [2.45, 2.75) is 58.4 Å². The Hall–Kier alpha value is -0.120. The molecule has 1 aliphatic rings. The maximum Gasteiger partial charge on any atom is 0.0104 e. The second-order valence-electron chi connectivity index (χ2n) is 6.86. The molecule has 1 rings (SSSR count). The Kier molecular flexibility index (Phi) is 9.49. The summed E-state index contributed by atoms with van der Waals surface area (Å²) in [5.41, 5.74) is 0. The van der Waals surface area contributed by atoms with Crippen LogP contribution in [0.3, 0.4) is 0 Å². The van der Waals surface area contributed by atoms with Gasteiger partial charge in [0.25, 0.3) is 0 Å². The average Bonchev–Trinajstić information content (AvgIpc) is 2.42. The number of likely N-dealkylation sites (tertiary alicyclic amines) is 1. The molecule has 0 spiro atoms. The van der Waals surface area contributed by atoms with Crippen molar-refractivity contribution in [1.82, 2.24) is 15.1 Å². The first-order chi connectivity index (χ1) is 9.61. The van der Waals surface area contributed by atoms with Crippen molar-refractivity contribution in [3.05, 3.63) is 0 Å². The first-order valence-corrected chi connectivity index (χ1v) is 8.72. The van der Waals surface area contributed by atoms with Gasteiger partial charge in [-0.15, -0.1) is 0 Å². The molecule has 1 heterocycles. The summed E-state index contributed by atoms with van der Waals surface area (Å²) in [5.74, 6) is 0.915. The largest absolute Gasteiger partial charge is 0.313 e. The fourth-order valence-electron chi connectivity index (χ4n) is 3.08. The second kappa shape index (κ2) is 10.6. The van der Waals surface area contributed by atoms with E-state index in [1.807, 2.05) is 0 Å². The number of rotatable bonds is 10. The minimum Gasteiger partial charge on any atom is -0.313 e. The van der Waals surface area contributed by atoms with E-state index in [1.54, 1.807) is 0 Å². The third-order valence-corrected chi connectivity index (χ3v) is 4.64. The van der Waals surface area contributed by atoms with E-state index in [9.17, 15) is 0 Å². The predicted molar refractivity (Wildman–Crippen MR) is 89.3 cm³/mol. The van der Waals surface area contributed by atoms with Crippen molar-refractivity contribution in [3.63, 3.8) is 0 Å². The van der Waals surface area contributed by atoms with Crippen LogP contribution in [0.25, 0.3) is 0 Å². The van der Waals surface area contributed by atoms with Gasteiger partial charge >= 0.3 is 0 Å². The highest BCUT2D eigenvalue weighted by Gasteiger charge is 2.17. The van der Waals surface area contributed by atoms with Gasteiger partial charge in [0.05, 0.1) is 0 Å². The van der Waals surface area contributed by atoms with Crippen LogP contribution >= 0.6 is 0 Å². The summed E-state index contributed by atoms with van der Waals surface area (Å²) in [6, 6.07) is 0.679.